The number of rotatable bonds is 7. The predicted molar refractivity (Wildman–Crippen MR) is 132 cm³/mol. The van der Waals surface area contributed by atoms with E-state index in [1.807, 2.05) is 60.7 Å². The van der Waals surface area contributed by atoms with Crippen LogP contribution in [0, 0.1) is 0 Å². The first-order chi connectivity index (χ1) is 16.2. The van der Waals surface area contributed by atoms with Crippen LogP contribution in [-0.2, 0) is 13.1 Å². The van der Waals surface area contributed by atoms with Gasteiger partial charge in [-0.15, -0.1) is 0 Å². The van der Waals surface area contributed by atoms with E-state index in [0.29, 0.717) is 23.4 Å². The van der Waals surface area contributed by atoms with Crippen LogP contribution in [0.25, 0.3) is 0 Å². The average Bonchev–Trinajstić information content (AvgIpc) is 3.12. The highest BCUT2D eigenvalue weighted by Crippen LogP contribution is 2.18. The quantitative estimate of drug-likeness (QED) is 0.527. The maximum absolute atomic E-state index is 12.9. The molecule has 0 radical (unpaired) electrons. The third-order valence-electron chi connectivity index (χ3n) is 6.04. The molecule has 1 saturated heterocycles. The zero-order chi connectivity index (χ0) is 22.9. The van der Waals surface area contributed by atoms with Gasteiger partial charge < -0.3 is 10.6 Å². The summed E-state index contributed by atoms with van der Waals surface area (Å²) in [6, 6.07) is 24.6. The molecule has 2 amide bonds. The summed E-state index contributed by atoms with van der Waals surface area (Å²) >= 11 is 0. The van der Waals surface area contributed by atoms with Gasteiger partial charge in [-0.3, -0.25) is 14.5 Å². The second-order valence-electron chi connectivity index (χ2n) is 8.56. The van der Waals surface area contributed by atoms with E-state index in [0.717, 1.165) is 25.2 Å². The normalized spacial score (nSPS) is 14.3. The Labute approximate surface area is 195 Å². The highest BCUT2D eigenvalue weighted by Gasteiger charge is 2.15. The summed E-state index contributed by atoms with van der Waals surface area (Å²) in [6.45, 7) is 3.64. The van der Waals surface area contributed by atoms with Gasteiger partial charge in [0.1, 0.15) is 0 Å². The van der Waals surface area contributed by atoms with E-state index in [1.165, 1.54) is 31.2 Å². The summed E-state index contributed by atoms with van der Waals surface area (Å²) in [4.78, 5) is 28.1. The molecule has 0 unspecified atom stereocenters. The maximum atomic E-state index is 12.9. The fraction of sp³-hybridized carbons (Fsp3) is 0.286. The smallest absolute Gasteiger partial charge is 0.255 e. The van der Waals surface area contributed by atoms with Crippen LogP contribution in [-0.4, -0.2) is 29.8 Å². The number of benzene rings is 3. The lowest BCUT2D eigenvalue weighted by atomic mass is 10.1. The lowest BCUT2D eigenvalue weighted by Gasteiger charge is -2.19. The van der Waals surface area contributed by atoms with Crippen LogP contribution >= 0.6 is 0 Å². The van der Waals surface area contributed by atoms with E-state index in [4.69, 9.17) is 0 Å². The number of nitrogens with one attached hydrogen (secondary N) is 2. The van der Waals surface area contributed by atoms with Crippen molar-refractivity contribution >= 4 is 17.5 Å². The molecular weight excluding hydrogens is 410 g/mol. The molecule has 1 heterocycles. The average molecular weight is 442 g/mol. The van der Waals surface area contributed by atoms with Crippen molar-refractivity contribution in [3.8, 4) is 0 Å². The molecule has 3 aromatic rings. The molecule has 170 valence electrons. The summed E-state index contributed by atoms with van der Waals surface area (Å²) in [5.41, 5.74) is 3.76. The zero-order valence-electron chi connectivity index (χ0n) is 18.9. The van der Waals surface area contributed by atoms with Crippen LogP contribution in [0.1, 0.15) is 57.5 Å². The van der Waals surface area contributed by atoms with Gasteiger partial charge in [-0.2, -0.15) is 0 Å². The fourth-order valence-corrected chi connectivity index (χ4v) is 4.17. The lowest BCUT2D eigenvalue weighted by Crippen LogP contribution is -2.25. The second kappa shape index (κ2) is 11.4. The molecule has 0 aliphatic carbocycles. The highest BCUT2D eigenvalue weighted by molar-refractivity contribution is 6.09. The summed E-state index contributed by atoms with van der Waals surface area (Å²) in [7, 11) is 0. The molecule has 0 spiro atoms. The standard InChI is InChI=1S/C28H31N3O2/c32-27(24-16-14-23(15-17-24)21-31-18-8-1-2-9-19-31)30-26-13-7-6-12-25(26)28(33)29-20-22-10-4-3-5-11-22/h3-7,10-17H,1-2,8-9,18-21H2,(H,29,33)(H,30,32). The predicted octanol–water partition coefficient (Wildman–Crippen LogP) is 5.24. The summed E-state index contributed by atoms with van der Waals surface area (Å²) in [6.07, 6.45) is 5.17. The molecule has 33 heavy (non-hydrogen) atoms. The van der Waals surface area contributed by atoms with Gasteiger partial charge in [0, 0.05) is 18.7 Å². The third-order valence-corrected chi connectivity index (χ3v) is 6.04. The maximum Gasteiger partial charge on any atom is 0.255 e. The summed E-state index contributed by atoms with van der Waals surface area (Å²) in [5, 5.41) is 5.83. The van der Waals surface area contributed by atoms with Crippen LogP contribution in [0.4, 0.5) is 5.69 Å². The summed E-state index contributed by atoms with van der Waals surface area (Å²) in [5.74, 6) is -0.442. The van der Waals surface area contributed by atoms with Crippen LogP contribution < -0.4 is 10.6 Å². The number of hydrogen-bond donors (Lipinski definition) is 2. The van der Waals surface area contributed by atoms with Gasteiger partial charge in [0.05, 0.1) is 11.3 Å². The van der Waals surface area contributed by atoms with Crippen molar-refractivity contribution in [2.45, 2.75) is 38.8 Å². The number of amides is 2. The molecular formula is C28H31N3O2. The van der Waals surface area contributed by atoms with Crippen molar-refractivity contribution in [3.63, 3.8) is 0 Å². The minimum atomic E-state index is -0.223. The number of carbonyl (C=O) groups is 2. The van der Waals surface area contributed by atoms with E-state index < -0.39 is 0 Å². The van der Waals surface area contributed by atoms with Crippen molar-refractivity contribution in [1.29, 1.82) is 0 Å². The van der Waals surface area contributed by atoms with E-state index in [1.54, 1.807) is 18.2 Å². The number of hydrogen-bond acceptors (Lipinski definition) is 3. The van der Waals surface area contributed by atoms with Gasteiger partial charge in [-0.25, -0.2) is 0 Å². The Morgan fingerprint density at radius 1 is 0.697 bits per heavy atom. The van der Waals surface area contributed by atoms with Crippen LogP contribution in [0.3, 0.4) is 0 Å². The fourth-order valence-electron chi connectivity index (χ4n) is 4.17. The Morgan fingerprint density at radius 3 is 2.09 bits per heavy atom. The van der Waals surface area contributed by atoms with Crippen LogP contribution in [0.15, 0.2) is 78.9 Å². The number of para-hydroxylation sites is 1. The van der Waals surface area contributed by atoms with Gasteiger partial charge >= 0.3 is 0 Å². The molecule has 4 rings (SSSR count). The summed E-state index contributed by atoms with van der Waals surface area (Å²) < 4.78 is 0. The van der Waals surface area contributed by atoms with E-state index in [9.17, 15) is 9.59 Å². The second-order valence-corrected chi connectivity index (χ2v) is 8.56. The van der Waals surface area contributed by atoms with Gasteiger partial charge in [0.2, 0.25) is 0 Å². The van der Waals surface area contributed by atoms with Gasteiger partial charge in [0.15, 0.2) is 0 Å². The lowest BCUT2D eigenvalue weighted by molar-refractivity contribution is 0.0952. The molecule has 0 bridgehead atoms. The topological polar surface area (TPSA) is 61.4 Å². The molecule has 1 fully saturated rings. The van der Waals surface area contributed by atoms with E-state index in [2.05, 4.69) is 15.5 Å². The number of carbonyl (C=O) groups excluding carboxylic acids is 2. The van der Waals surface area contributed by atoms with Gasteiger partial charge in [-0.05, 0) is 61.3 Å². The van der Waals surface area contributed by atoms with Gasteiger partial charge in [-0.1, -0.05) is 67.4 Å². The number of anilines is 1. The van der Waals surface area contributed by atoms with E-state index >= 15 is 0 Å². The number of likely N-dealkylation sites (tertiary alicyclic amines) is 1. The minimum absolute atomic E-state index is 0.220. The molecule has 3 aromatic carbocycles. The van der Waals surface area contributed by atoms with Crippen molar-refractivity contribution in [3.05, 3.63) is 101 Å². The first-order valence-electron chi connectivity index (χ1n) is 11.7. The largest absolute Gasteiger partial charge is 0.348 e. The molecule has 1 aliphatic rings. The van der Waals surface area contributed by atoms with Crippen molar-refractivity contribution in [1.82, 2.24) is 10.2 Å². The Bertz CT molecular complexity index is 1060. The first kappa shape index (κ1) is 22.7. The molecule has 1 aliphatic heterocycles. The molecule has 0 atom stereocenters. The van der Waals surface area contributed by atoms with Gasteiger partial charge in [0.25, 0.3) is 11.8 Å². The molecule has 0 aromatic heterocycles. The SMILES string of the molecule is O=C(Nc1ccccc1C(=O)NCc1ccccc1)c1ccc(CN2CCCCCC2)cc1. The first-order valence-corrected chi connectivity index (χ1v) is 11.7. The highest BCUT2D eigenvalue weighted by atomic mass is 16.2. The Hall–Kier alpha value is -3.44. The van der Waals surface area contributed by atoms with Crippen LogP contribution in [0.5, 0.6) is 0 Å². The third kappa shape index (κ3) is 6.53. The molecule has 2 N–H and O–H groups in total. The van der Waals surface area contributed by atoms with Crippen molar-refractivity contribution in [2.75, 3.05) is 18.4 Å². The molecule has 5 nitrogen and oxygen atoms in total. The van der Waals surface area contributed by atoms with Crippen LogP contribution in [0.2, 0.25) is 0 Å². The van der Waals surface area contributed by atoms with E-state index in [-0.39, 0.29) is 11.8 Å². The molecule has 0 saturated carbocycles. The van der Waals surface area contributed by atoms with Crippen molar-refractivity contribution < 1.29 is 9.59 Å². The molecule has 5 heteroatoms. The van der Waals surface area contributed by atoms with Crippen molar-refractivity contribution in [2.24, 2.45) is 0 Å². The number of nitrogens with zero attached hydrogens (tertiary/aromatic N) is 1. The Kier molecular flexibility index (Phi) is 7.88. The zero-order valence-corrected chi connectivity index (χ0v) is 18.9. The minimum Gasteiger partial charge on any atom is -0.348 e. The monoisotopic (exact) mass is 441 g/mol. The Morgan fingerprint density at radius 2 is 1.36 bits per heavy atom. The Balaban J connectivity index is 1.37.